The second kappa shape index (κ2) is 5.72. The van der Waals surface area contributed by atoms with Gasteiger partial charge in [-0.2, -0.15) is 4.68 Å². The molecule has 3 rings (SSSR count). The molecule has 0 bridgehead atoms. The molecule has 110 valence electrons. The Balaban J connectivity index is 1.95. The summed E-state index contributed by atoms with van der Waals surface area (Å²) in [6, 6.07) is 11.1. The number of benzene rings is 2. The predicted octanol–water partition coefficient (Wildman–Crippen LogP) is 2.36. The molecule has 0 unspecified atom stereocenters. The van der Waals surface area contributed by atoms with Crippen molar-refractivity contribution in [3.63, 3.8) is 0 Å². The van der Waals surface area contributed by atoms with Crippen LogP contribution in [0.15, 0.2) is 48.8 Å². The van der Waals surface area contributed by atoms with Gasteiger partial charge in [-0.05, 0) is 47.2 Å². The minimum Gasteiger partial charge on any atom is -0.322 e. The topological polar surface area (TPSA) is 72.7 Å². The molecule has 3 aromatic rings. The van der Waals surface area contributed by atoms with Crippen LogP contribution < -0.4 is 5.32 Å². The second-order valence-electron chi connectivity index (χ2n) is 4.68. The average molecular weight is 297 g/mol. The van der Waals surface area contributed by atoms with Gasteiger partial charge in [0.25, 0.3) is 5.91 Å². The van der Waals surface area contributed by atoms with Crippen LogP contribution in [0.2, 0.25) is 0 Å². The van der Waals surface area contributed by atoms with Gasteiger partial charge in [0.05, 0.1) is 11.3 Å². The fourth-order valence-electron chi connectivity index (χ4n) is 2.06. The Morgan fingerprint density at radius 3 is 2.82 bits per heavy atom. The highest BCUT2D eigenvalue weighted by atomic mass is 19.1. The van der Waals surface area contributed by atoms with Crippen LogP contribution in [0.1, 0.15) is 15.9 Å². The zero-order valence-electron chi connectivity index (χ0n) is 11.7. The van der Waals surface area contributed by atoms with Gasteiger partial charge < -0.3 is 5.32 Å². The first-order valence-corrected chi connectivity index (χ1v) is 6.55. The first-order valence-electron chi connectivity index (χ1n) is 6.55. The van der Waals surface area contributed by atoms with Crippen LogP contribution in [0.5, 0.6) is 0 Å². The summed E-state index contributed by atoms with van der Waals surface area (Å²) in [4.78, 5) is 12.5. The van der Waals surface area contributed by atoms with Crippen molar-refractivity contribution in [2.24, 2.45) is 0 Å². The highest BCUT2D eigenvalue weighted by Crippen LogP contribution is 2.19. The van der Waals surface area contributed by atoms with E-state index in [9.17, 15) is 9.18 Å². The molecule has 1 heterocycles. The summed E-state index contributed by atoms with van der Waals surface area (Å²) in [6.07, 6.45) is 1.40. The fraction of sp³-hybridized carbons (Fsp3) is 0.0667. The third-order valence-electron chi connectivity index (χ3n) is 3.19. The lowest BCUT2D eigenvalue weighted by Crippen LogP contribution is -2.16. The monoisotopic (exact) mass is 297 g/mol. The zero-order chi connectivity index (χ0) is 15.5. The lowest BCUT2D eigenvalue weighted by Gasteiger charge is -2.11. The molecule has 0 saturated heterocycles. The summed E-state index contributed by atoms with van der Waals surface area (Å²) >= 11 is 0. The number of tetrazole rings is 1. The molecule has 0 radical (unpaired) electrons. The van der Waals surface area contributed by atoms with E-state index in [1.807, 2.05) is 0 Å². The second-order valence-corrected chi connectivity index (χ2v) is 4.68. The van der Waals surface area contributed by atoms with E-state index in [0.717, 1.165) is 5.56 Å². The number of carbonyl (C=O) groups is 1. The predicted molar refractivity (Wildman–Crippen MR) is 78.2 cm³/mol. The summed E-state index contributed by atoms with van der Waals surface area (Å²) in [7, 11) is 0. The number of para-hydroxylation sites is 1. The Morgan fingerprint density at radius 2 is 2.05 bits per heavy atom. The number of halogens is 1. The summed E-state index contributed by atoms with van der Waals surface area (Å²) in [6.45, 7) is 1.79. The Labute approximate surface area is 125 Å². The van der Waals surface area contributed by atoms with Gasteiger partial charge in [0.15, 0.2) is 0 Å². The first-order chi connectivity index (χ1) is 10.6. The largest absolute Gasteiger partial charge is 0.322 e. The van der Waals surface area contributed by atoms with Gasteiger partial charge >= 0.3 is 0 Å². The third kappa shape index (κ3) is 2.69. The Hall–Kier alpha value is -3.09. The molecule has 7 heteroatoms. The van der Waals surface area contributed by atoms with Gasteiger partial charge in [-0.3, -0.25) is 4.79 Å². The van der Waals surface area contributed by atoms with Gasteiger partial charge in [0.2, 0.25) is 0 Å². The van der Waals surface area contributed by atoms with Crippen molar-refractivity contribution in [1.82, 2.24) is 20.2 Å². The van der Waals surface area contributed by atoms with Crippen molar-refractivity contribution >= 4 is 11.6 Å². The van der Waals surface area contributed by atoms with E-state index in [1.54, 1.807) is 37.3 Å². The van der Waals surface area contributed by atoms with Gasteiger partial charge in [-0.15, -0.1) is 5.10 Å². The van der Waals surface area contributed by atoms with E-state index in [0.29, 0.717) is 16.9 Å². The van der Waals surface area contributed by atoms with Gasteiger partial charge in [0, 0.05) is 5.69 Å². The van der Waals surface area contributed by atoms with Crippen molar-refractivity contribution in [2.75, 3.05) is 5.32 Å². The van der Waals surface area contributed by atoms with Crippen LogP contribution in [-0.2, 0) is 0 Å². The molecule has 0 atom stereocenters. The minimum atomic E-state index is -0.408. The minimum absolute atomic E-state index is 0.361. The zero-order valence-corrected chi connectivity index (χ0v) is 11.7. The normalized spacial score (nSPS) is 10.5. The molecule has 1 amide bonds. The van der Waals surface area contributed by atoms with E-state index in [2.05, 4.69) is 20.8 Å². The van der Waals surface area contributed by atoms with E-state index in [-0.39, 0.29) is 5.91 Å². The lowest BCUT2D eigenvalue weighted by molar-refractivity contribution is 0.102. The quantitative estimate of drug-likeness (QED) is 0.805. The van der Waals surface area contributed by atoms with E-state index in [1.165, 1.54) is 23.1 Å². The number of amides is 1. The van der Waals surface area contributed by atoms with Crippen LogP contribution in [0, 0.1) is 12.7 Å². The number of nitrogens with zero attached hydrogens (tertiary/aromatic N) is 4. The lowest BCUT2D eigenvalue weighted by atomic mass is 10.1. The van der Waals surface area contributed by atoms with Crippen molar-refractivity contribution in [1.29, 1.82) is 0 Å². The van der Waals surface area contributed by atoms with Gasteiger partial charge in [-0.1, -0.05) is 18.2 Å². The number of hydrogen-bond acceptors (Lipinski definition) is 4. The number of aromatic nitrogens is 4. The summed E-state index contributed by atoms with van der Waals surface area (Å²) in [5.41, 5.74) is 2.13. The summed E-state index contributed by atoms with van der Waals surface area (Å²) < 4.78 is 14.7. The standard InChI is InChI=1S/C15H12FN5O/c1-10-6-7-11(16)8-13(10)18-15(22)12-4-2-3-5-14(12)21-9-17-19-20-21/h2-9H,1H3,(H,18,22). The molecule has 0 aliphatic heterocycles. The maximum Gasteiger partial charge on any atom is 0.257 e. The van der Waals surface area contributed by atoms with Gasteiger partial charge in [0.1, 0.15) is 12.1 Å². The molecule has 1 aromatic heterocycles. The molecule has 22 heavy (non-hydrogen) atoms. The molecule has 2 aromatic carbocycles. The molecule has 1 N–H and O–H groups in total. The van der Waals surface area contributed by atoms with Crippen LogP contribution in [0.25, 0.3) is 5.69 Å². The summed E-state index contributed by atoms with van der Waals surface area (Å²) in [5, 5.41) is 13.6. The highest BCUT2D eigenvalue weighted by Gasteiger charge is 2.14. The van der Waals surface area contributed by atoms with Crippen molar-refractivity contribution < 1.29 is 9.18 Å². The van der Waals surface area contributed by atoms with Crippen molar-refractivity contribution in [3.05, 3.63) is 65.7 Å². The fourth-order valence-corrected chi connectivity index (χ4v) is 2.06. The molecule has 0 spiro atoms. The molecule has 0 saturated carbocycles. The van der Waals surface area contributed by atoms with Gasteiger partial charge in [-0.25, -0.2) is 4.39 Å². The van der Waals surface area contributed by atoms with Crippen molar-refractivity contribution in [3.8, 4) is 5.69 Å². The number of aryl methyl sites for hydroxylation is 1. The Morgan fingerprint density at radius 1 is 1.23 bits per heavy atom. The average Bonchev–Trinajstić information content (AvgIpc) is 3.05. The maximum atomic E-state index is 13.3. The van der Waals surface area contributed by atoms with E-state index < -0.39 is 5.82 Å². The van der Waals surface area contributed by atoms with Crippen molar-refractivity contribution in [2.45, 2.75) is 6.92 Å². The first kappa shape index (κ1) is 13.9. The number of anilines is 1. The van der Waals surface area contributed by atoms with E-state index >= 15 is 0 Å². The molecular formula is C15H12FN5O. The Bertz CT molecular complexity index is 817. The number of hydrogen-bond donors (Lipinski definition) is 1. The molecule has 0 aliphatic rings. The number of carbonyl (C=O) groups excluding carboxylic acids is 1. The third-order valence-corrected chi connectivity index (χ3v) is 3.19. The SMILES string of the molecule is Cc1ccc(F)cc1NC(=O)c1ccccc1-n1cnnn1. The highest BCUT2D eigenvalue weighted by molar-refractivity contribution is 6.07. The number of nitrogens with one attached hydrogen (secondary N) is 1. The summed E-state index contributed by atoms with van der Waals surface area (Å²) in [5.74, 6) is -0.769. The maximum absolute atomic E-state index is 13.3. The molecular weight excluding hydrogens is 285 g/mol. The number of rotatable bonds is 3. The van der Waals surface area contributed by atoms with Crippen LogP contribution >= 0.6 is 0 Å². The smallest absolute Gasteiger partial charge is 0.257 e. The van der Waals surface area contributed by atoms with E-state index in [4.69, 9.17) is 0 Å². The van der Waals surface area contributed by atoms with Crippen LogP contribution in [0.3, 0.4) is 0 Å². The Kier molecular flexibility index (Phi) is 3.61. The molecule has 0 fully saturated rings. The molecule has 0 aliphatic carbocycles. The molecule has 6 nitrogen and oxygen atoms in total. The van der Waals surface area contributed by atoms with Crippen LogP contribution in [-0.4, -0.2) is 26.1 Å². The van der Waals surface area contributed by atoms with Crippen LogP contribution in [0.4, 0.5) is 10.1 Å².